The molecule has 0 saturated heterocycles. The van der Waals surface area contributed by atoms with Gasteiger partial charge in [0.05, 0.1) is 5.25 Å². The largest absolute Gasteiger partial charge is 0.325 e. The van der Waals surface area contributed by atoms with E-state index in [9.17, 15) is 4.79 Å². The highest BCUT2D eigenvalue weighted by Gasteiger charge is 2.17. The molecule has 0 radical (unpaired) electrons. The molecule has 0 aliphatic rings. The topological polar surface area (TPSA) is 54.9 Å². The van der Waals surface area contributed by atoms with Crippen LogP contribution in [0, 0.1) is 20.8 Å². The van der Waals surface area contributed by atoms with E-state index >= 15 is 0 Å². The fourth-order valence-corrected chi connectivity index (χ4v) is 2.93. The van der Waals surface area contributed by atoms with Crippen LogP contribution < -0.4 is 5.32 Å². The Bertz CT molecular complexity index is 675. The quantitative estimate of drug-likeness (QED) is 0.663. The van der Waals surface area contributed by atoms with E-state index in [1.807, 2.05) is 52.0 Å². The van der Waals surface area contributed by atoms with Gasteiger partial charge in [0.25, 0.3) is 0 Å². The number of nitrogens with zero attached hydrogens (tertiary/aromatic N) is 2. The number of nitrogens with one attached hydrogen (secondary N) is 1. The van der Waals surface area contributed by atoms with Gasteiger partial charge in [0.2, 0.25) is 5.91 Å². The molecule has 5 heteroatoms. The molecule has 1 aromatic carbocycles. The molecular formula is C18H23N3OS. The van der Waals surface area contributed by atoms with Crippen molar-refractivity contribution in [3.8, 4) is 0 Å². The van der Waals surface area contributed by atoms with Gasteiger partial charge in [-0.25, -0.2) is 9.97 Å². The smallest absolute Gasteiger partial charge is 0.237 e. The Morgan fingerprint density at radius 2 is 1.70 bits per heavy atom. The Hall–Kier alpha value is -1.88. The summed E-state index contributed by atoms with van der Waals surface area (Å²) >= 11 is 1.38. The van der Waals surface area contributed by atoms with Crippen LogP contribution in [0.25, 0.3) is 0 Å². The van der Waals surface area contributed by atoms with Crippen molar-refractivity contribution in [3.63, 3.8) is 0 Å². The number of thioether (sulfide) groups is 1. The van der Waals surface area contributed by atoms with Crippen molar-refractivity contribution in [3.05, 3.63) is 46.8 Å². The average Bonchev–Trinajstić information content (AvgIpc) is 2.53. The fourth-order valence-electron chi connectivity index (χ4n) is 2.07. The summed E-state index contributed by atoms with van der Waals surface area (Å²) in [7, 11) is 0. The molecule has 2 rings (SSSR count). The van der Waals surface area contributed by atoms with Crippen LogP contribution in [-0.4, -0.2) is 21.1 Å². The number of amides is 1. The minimum Gasteiger partial charge on any atom is -0.325 e. The van der Waals surface area contributed by atoms with E-state index in [1.54, 1.807) is 0 Å². The van der Waals surface area contributed by atoms with E-state index < -0.39 is 0 Å². The zero-order valence-corrected chi connectivity index (χ0v) is 15.1. The monoisotopic (exact) mass is 329 g/mol. The highest BCUT2D eigenvalue weighted by Crippen LogP contribution is 2.23. The Morgan fingerprint density at radius 1 is 1.13 bits per heavy atom. The zero-order valence-electron chi connectivity index (χ0n) is 14.3. The van der Waals surface area contributed by atoms with Gasteiger partial charge < -0.3 is 5.32 Å². The van der Waals surface area contributed by atoms with Crippen molar-refractivity contribution < 1.29 is 4.79 Å². The molecule has 0 unspecified atom stereocenters. The van der Waals surface area contributed by atoms with Crippen molar-refractivity contribution >= 4 is 23.4 Å². The highest BCUT2D eigenvalue weighted by atomic mass is 32.2. The van der Waals surface area contributed by atoms with E-state index in [0.29, 0.717) is 5.16 Å². The summed E-state index contributed by atoms with van der Waals surface area (Å²) in [5, 5.41) is 3.32. The van der Waals surface area contributed by atoms with Crippen LogP contribution in [0.4, 0.5) is 5.69 Å². The Morgan fingerprint density at radius 3 is 2.22 bits per heavy atom. The van der Waals surface area contributed by atoms with Gasteiger partial charge in [0.15, 0.2) is 5.16 Å². The molecule has 1 aromatic heterocycles. The molecule has 2 aromatic rings. The van der Waals surface area contributed by atoms with E-state index in [0.717, 1.165) is 29.1 Å². The lowest BCUT2D eigenvalue weighted by molar-refractivity contribution is -0.115. The first kappa shape index (κ1) is 17.5. The van der Waals surface area contributed by atoms with Crippen LogP contribution in [0.15, 0.2) is 29.4 Å². The molecular weight excluding hydrogens is 306 g/mol. The van der Waals surface area contributed by atoms with Crippen LogP contribution in [-0.2, 0) is 11.2 Å². The molecule has 1 amide bonds. The maximum absolute atomic E-state index is 12.3. The number of aromatic nitrogens is 2. The number of benzene rings is 1. The summed E-state index contributed by atoms with van der Waals surface area (Å²) in [5.41, 5.74) is 5.09. The van der Waals surface area contributed by atoms with Crippen LogP contribution >= 0.6 is 11.8 Å². The summed E-state index contributed by atoms with van der Waals surface area (Å²) in [4.78, 5) is 21.2. The SMILES string of the molecule is CCc1ccc(NC(=O)[C@H](C)Sc2nc(C)c(C)c(C)n2)cc1. The molecule has 1 N–H and O–H groups in total. The second-order valence-corrected chi connectivity index (χ2v) is 6.91. The summed E-state index contributed by atoms with van der Waals surface area (Å²) in [6.45, 7) is 9.92. The van der Waals surface area contributed by atoms with Crippen LogP contribution in [0.3, 0.4) is 0 Å². The summed E-state index contributed by atoms with van der Waals surface area (Å²) in [6, 6.07) is 7.93. The molecule has 1 heterocycles. The molecule has 0 aliphatic heterocycles. The van der Waals surface area contributed by atoms with Crippen molar-refractivity contribution in [2.75, 3.05) is 5.32 Å². The molecule has 4 nitrogen and oxygen atoms in total. The number of carbonyl (C=O) groups is 1. The molecule has 122 valence electrons. The van der Waals surface area contributed by atoms with Gasteiger partial charge in [0, 0.05) is 17.1 Å². The van der Waals surface area contributed by atoms with Gasteiger partial charge in [-0.05, 0) is 57.4 Å². The lowest BCUT2D eigenvalue weighted by Gasteiger charge is -2.13. The minimum atomic E-state index is -0.262. The molecule has 0 saturated carbocycles. The second-order valence-electron chi connectivity index (χ2n) is 5.60. The Balaban J connectivity index is 2.02. The van der Waals surface area contributed by atoms with Crippen molar-refractivity contribution in [2.45, 2.75) is 51.4 Å². The molecule has 23 heavy (non-hydrogen) atoms. The van der Waals surface area contributed by atoms with E-state index in [2.05, 4.69) is 22.2 Å². The van der Waals surface area contributed by atoms with Crippen molar-refractivity contribution in [1.29, 1.82) is 0 Å². The average molecular weight is 329 g/mol. The lowest BCUT2D eigenvalue weighted by atomic mass is 10.1. The molecule has 0 spiro atoms. The zero-order chi connectivity index (χ0) is 17.0. The van der Waals surface area contributed by atoms with E-state index in [4.69, 9.17) is 0 Å². The number of aryl methyl sites for hydroxylation is 3. The Kier molecular flexibility index (Phi) is 5.77. The van der Waals surface area contributed by atoms with Gasteiger partial charge in [-0.2, -0.15) is 0 Å². The molecule has 0 bridgehead atoms. The van der Waals surface area contributed by atoms with Crippen LogP contribution in [0.5, 0.6) is 0 Å². The third kappa shape index (κ3) is 4.55. The Labute approximate surface area is 142 Å². The number of hydrogen-bond acceptors (Lipinski definition) is 4. The van der Waals surface area contributed by atoms with Gasteiger partial charge in [-0.1, -0.05) is 30.8 Å². The van der Waals surface area contributed by atoms with Gasteiger partial charge in [-0.15, -0.1) is 0 Å². The second kappa shape index (κ2) is 7.59. The number of hydrogen-bond donors (Lipinski definition) is 1. The standard InChI is InChI=1S/C18H23N3OS/c1-6-15-7-9-16(10-8-15)21-17(22)14(5)23-18-19-12(3)11(2)13(4)20-18/h7-10,14H,6H2,1-5H3,(H,21,22)/t14-/m0/s1. The molecule has 0 fully saturated rings. The maximum atomic E-state index is 12.3. The fraction of sp³-hybridized carbons (Fsp3) is 0.389. The summed E-state index contributed by atoms with van der Waals surface area (Å²) in [6.07, 6.45) is 0.990. The third-order valence-electron chi connectivity index (χ3n) is 3.89. The first-order valence-corrected chi connectivity index (χ1v) is 8.67. The third-order valence-corrected chi connectivity index (χ3v) is 4.85. The van der Waals surface area contributed by atoms with Crippen LogP contribution in [0.2, 0.25) is 0 Å². The summed E-state index contributed by atoms with van der Waals surface area (Å²) in [5.74, 6) is -0.0428. The van der Waals surface area contributed by atoms with Gasteiger partial charge in [-0.3, -0.25) is 4.79 Å². The van der Waals surface area contributed by atoms with Crippen LogP contribution in [0.1, 0.15) is 36.4 Å². The van der Waals surface area contributed by atoms with E-state index in [1.165, 1.54) is 17.3 Å². The maximum Gasteiger partial charge on any atom is 0.237 e. The predicted molar refractivity (Wildman–Crippen MR) is 96.0 cm³/mol. The van der Waals surface area contributed by atoms with E-state index in [-0.39, 0.29) is 11.2 Å². The highest BCUT2D eigenvalue weighted by molar-refractivity contribution is 8.00. The molecule has 1 atom stereocenters. The van der Waals surface area contributed by atoms with Crippen molar-refractivity contribution in [1.82, 2.24) is 9.97 Å². The first-order valence-electron chi connectivity index (χ1n) is 7.79. The predicted octanol–water partition coefficient (Wildman–Crippen LogP) is 4.08. The van der Waals surface area contributed by atoms with Gasteiger partial charge in [0.1, 0.15) is 0 Å². The normalized spacial score (nSPS) is 12.0. The minimum absolute atomic E-state index is 0.0428. The van der Waals surface area contributed by atoms with Gasteiger partial charge >= 0.3 is 0 Å². The summed E-state index contributed by atoms with van der Waals surface area (Å²) < 4.78 is 0. The number of anilines is 1. The molecule has 0 aliphatic carbocycles. The first-order chi connectivity index (χ1) is 10.9. The number of carbonyl (C=O) groups excluding carboxylic acids is 1. The van der Waals surface area contributed by atoms with Crippen molar-refractivity contribution in [2.24, 2.45) is 0 Å². The number of rotatable bonds is 5. The lowest BCUT2D eigenvalue weighted by Crippen LogP contribution is -2.22.